The molecule has 0 bridgehead atoms. The number of rotatable bonds is 5. The fraction of sp³-hybridized carbons (Fsp3) is 0.562. The lowest BCUT2D eigenvalue weighted by Gasteiger charge is -2.34. The molecule has 6 nitrogen and oxygen atoms in total. The van der Waals surface area contributed by atoms with E-state index in [9.17, 15) is 13.2 Å². The largest absolute Gasteiger partial charge is 0.469 e. The number of methoxy groups -OCH3 is 1. The van der Waals surface area contributed by atoms with E-state index < -0.39 is 15.6 Å². The summed E-state index contributed by atoms with van der Waals surface area (Å²) in [6.45, 7) is 4.31. The van der Waals surface area contributed by atoms with Gasteiger partial charge in [0.2, 0.25) is 0 Å². The molecule has 0 atom stereocenters. The summed E-state index contributed by atoms with van der Waals surface area (Å²) >= 11 is 0. The van der Waals surface area contributed by atoms with E-state index in [1.165, 1.54) is 19.2 Å². The van der Waals surface area contributed by atoms with Crippen molar-refractivity contribution in [2.24, 2.45) is 5.92 Å². The van der Waals surface area contributed by atoms with Crippen LogP contribution in [0, 0.1) is 5.92 Å². The molecule has 23 heavy (non-hydrogen) atoms. The molecule has 0 amide bonds. The van der Waals surface area contributed by atoms with E-state index in [-0.39, 0.29) is 29.0 Å². The van der Waals surface area contributed by atoms with Gasteiger partial charge in [0.15, 0.2) is 15.6 Å². The van der Waals surface area contributed by atoms with Crippen LogP contribution in [0.2, 0.25) is 0 Å². The number of sulfone groups is 1. The number of hydrogen-bond acceptors (Lipinski definition) is 6. The number of carbonyl (C=O) groups is 1. The summed E-state index contributed by atoms with van der Waals surface area (Å²) < 4.78 is 40.5. The van der Waals surface area contributed by atoms with Crippen molar-refractivity contribution < 1.29 is 27.4 Å². The quantitative estimate of drug-likeness (QED) is 0.756. The SMILES string of the molecule is COC(=O)Cc1ccc(S(=O)(=O)CC2COC(C)(C)OC2)cc1. The van der Waals surface area contributed by atoms with Gasteiger partial charge in [-0.1, -0.05) is 12.1 Å². The van der Waals surface area contributed by atoms with Crippen molar-refractivity contribution in [3.05, 3.63) is 29.8 Å². The third-order valence-electron chi connectivity index (χ3n) is 3.65. The Morgan fingerprint density at radius 3 is 2.30 bits per heavy atom. The van der Waals surface area contributed by atoms with Crippen molar-refractivity contribution >= 4 is 15.8 Å². The second-order valence-corrected chi connectivity index (χ2v) is 8.10. The van der Waals surface area contributed by atoms with Crippen LogP contribution >= 0.6 is 0 Å². The molecular weight excluding hydrogens is 320 g/mol. The van der Waals surface area contributed by atoms with Gasteiger partial charge in [-0.25, -0.2) is 8.42 Å². The number of esters is 1. The molecule has 1 saturated heterocycles. The summed E-state index contributed by atoms with van der Waals surface area (Å²) in [5, 5.41) is 0. The Morgan fingerprint density at radius 2 is 1.78 bits per heavy atom. The van der Waals surface area contributed by atoms with Crippen LogP contribution in [0.5, 0.6) is 0 Å². The van der Waals surface area contributed by atoms with Gasteiger partial charge in [0.05, 0.1) is 37.4 Å². The summed E-state index contributed by atoms with van der Waals surface area (Å²) in [5.74, 6) is -1.24. The fourth-order valence-corrected chi connectivity index (χ4v) is 3.84. The van der Waals surface area contributed by atoms with Gasteiger partial charge < -0.3 is 14.2 Å². The zero-order valence-corrected chi connectivity index (χ0v) is 14.4. The van der Waals surface area contributed by atoms with E-state index in [0.717, 1.165) is 0 Å². The van der Waals surface area contributed by atoms with Crippen LogP contribution in [0.1, 0.15) is 19.4 Å². The highest BCUT2D eigenvalue weighted by Crippen LogP contribution is 2.23. The van der Waals surface area contributed by atoms with Crippen LogP contribution in [0.3, 0.4) is 0 Å². The predicted molar refractivity (Wildman–Crippen MR) is 83.7 cm³/mol. The summed E-state index contributed by atoms with van der Waals surface area (Å²) in [4.78, 5) is 11.4. The monoisotopic (exact) mass is 342 g/mol. The van der Waals surface area contributed by atoms with E-state index in [1.807, 2.05) is 0 Å². The number of benzene rings is 1. The molecule has 0 unspecified atom stereocenters. The predicted octanol–water partition coefficient (Wildman–Crippen LogP) is 1.57. The standard InChI is InChI=1S/C16H22O6S/c1-16(2)21-9-13(10-22-16)11-23(18,19)14-6-4-12(5-7-14)8-15(17)20-3/h4-7,13H,8-11H2,1-3H3. The van der Waals surface area contributed by atoms with Gasteiger partial charge in [-0.05, 0) is 31.5 Å². The second-order valence-electron chi connectivity index (χ2n) is 6.07. The fourth-order valence-electron chi connectivity index (χ4n) is 2.28. The Hall–Kier alpha value is -1.44. The highest BCUT2D eigenvalue weighted by Gasteiger charge is 2.31. The van der Waals surface area contributed by atoms with Crippen LogP contribution in [0.25, 0.3) is 0 Å². The first-order chi connectivity index (χ1) is 10.7. The van der Waals surface area contributed by atoms with Gasteiger partial charge in [0.1, 0.15) is 0 Å². The van der Waals surface area contributed by atoms with Gasteiger partial charge in [-0.3, -0.25) is 4.79 Å². The molecule has 0 N–H and O–H groups in total. The highest BCUT2D eigenvalue weighted by molar-refractivity contribution is 7.91. The maximum absolute atomic E-state index is 12.4. The van der Waals surface area contributed by atoms with Crippen LogP contribution in [0.4, 0.5) is 0 Å². The Bertz CT molecular complexity index is 638. The van der Waals surface area contributed by atoms with E-state index in [1.54, 1.807) is 26.0 Å². The zero-order chi connectivity index (χ0) is 17.1. The lowest BCUT2D eigenvalue weighted by molar-refractivity contribution is -0.259. The van der Waals surface area contributed by atoms with Crippen molar-refractivity contribution in [1.29, 1.82) is 0 Å². The Kier molecular flexibility index (Phi) is 5.44. The highest BCUT2D eigenvalue weighted by atomic mass is 32.2. The van der Waals surface area contributed by atoms with Crippen molar-refractivity contribution in [3.63, 3.8) is 0 Å². The maximum Gasteiger partial charge on any atom is 0.309 e. The van der Waals surface area contributed by atoms with E-state index in [0.29, 0.717) is 18.8 Å². The molecule has 1 aromatic rings. The van der Waals surface area contributed by atoms with Gasteiger partial charge in [-0.15, -0.1) is 0 Å². The maximum atomic E-state index is 12.4. The Balaban J connectivity index is 2.01. The number of carbonyl (C=O) groups excluding carboxylic acids is 1. The van der Waals surface area contributed by atoms with Crippen LogP contribution in [-0.4, -0.2) is 46.3 Å². The van der Waals surface area contributed by atoms with Crippen LogP contribution in [0.15, 0.2) is 29.2 Å². The molecule has 7 heteroatoms. The topological polar surface area (TPSA) is 78.9 Å². The molecule has 0 spiro atoms. The number of hydrogen-bond donors (Lipinski definition) is 0. The first-order valence-corrected chi connectivity index (χ1v) is 9.03. The van der Waals surface area contributed by atoms with Crippen molar-refractivity contribution in [3.8, 4) is 0 Å². The molecule has 1 heterocycles. The Morgan fingerprint density at radius 1 is 1.22 bits per heavy atom. The minimum absolute atomic E-state index is 0.0283. The van der Waals surface area contributed by atoms with Gasteiger partial charge in [0.25, 0.3) is 0 Å². The molecule has 1 fully saturated rings. The van der Waals surface area contributed by atoms with Gasteiger partial charge in [0, 0.05) is 5.92 Å². The molecule has 1 aliphatic heterocycles. The smallest absolute Gasteiger partial charge is 0.309 e. The summed E-state index contributed by atoms with van der Waals surface area (Å²) in [6, 6.07) is 6.28. The van der Waals surface area contributed by atoms with Crippen LogP contribution < -0.4 is 0 Å². The molecule has 0 saturated carbocycles. The summed E-state index contributed by atoms with van der Waals surface area (Å²) in [5.41, 5.74) is 0.710. The molecule has 1 aromatic carbocycles. The number of ether oxygens (including phenoxy) is 3. The summed E-state index contributed by atoms with van der Waals surface area (Å²) in [6.07, 6.45) is 0.121. The molecule has 0 aromatic heterocycles. The molecule has 1 aliphatic rings. The first kappa shape index (κ1) is 17.9. The van der Waals surface area contributed by atoms with Crippen molar-refractivity contribution in [2.75, 3.05) is 26.1 Å². The average molecular weight is 342 g/mol. The van der Waals surface area contributed by atoms with E-state index in [2.05, 4.69) is 4.74 Å². The zero-order valence-electron chi connectivity index (χ0n) is 13.6. The van der Waals surface area contributed by atoms with Crippen molar-refractivity contribution in [2.45, 2.75) is 31.0 Å². The molecule has 128 valence electrons. The van der Waals surface area contributed by atoms with Crippen molar-refractivity contribution in [1.82, 2.24) is 0 Å². The van der Waals surface area contributed by atoms with E-state index in [4.69, 9.17) is 9.47 Å². The van der Waals surface area contributed by atoms with E-state index >= 15 is 0 Å². The second kappa shape index (κ2) is 6.98. The lowest BCUT2D eigenvalue weighted by atomic mass is 10.1. The Labute approximate surface area is 136 Å². The molecule has 0 aliphatic carbocycles. The third kappa shape index (κ3) is 5.02. The van der Waals surface area contributed by atoms with Gasteiger partial charge in [-0.2, -0.15) is 0 Å². The lowest BCUT2D eigenvalue weighted by Crippen LogP contribution is -2.41. The summed E-state index contributed by atoms with van der Waals surface area (Å²) in [7, 11) is -2.11. The first-order valence-electron chi connectivity index (χ1n) is 7.38. The third-order valence-corrected chi connectivity index (χ3v) is 5.55. The normalized spacial score (nSPS) is 18.6. The minimum Gasteiger partial charge on any atom is -0.469 e. The van der Waals surface area contributed by atoms with Crippen LogP contribution in [-0.2, 0) is 35.3 Å². The molecular formula is C16H22O6S. The average Bonchev–Trinajstić information content (AvgIpc) is 2.50. The van der Waals surface area contributed by atoms with Gasteiger partial charge >= 0.3 is 5.97 Å². The minimum atomic E-state index is -3.42. The molecule has 0 radical (unpaired) electrons. The molecule has 2 rings (SSSR count).